The van der Waals surface area contributed by atoms with Crippen molar-refractivity contribution < 1.29 is 0 Å². The lowest BCUT2D eigenvalue weighted by molar-refractivity contribution is 1.34. The van der Waals surface area contributed by atoms with Crippen molar-refractivity contribution in [2.24, 2.45) is 0 Å². The number of aromatic nitrogens is 2. The van der Waals surface area contributed by atoms with Crippen molar-refractivity contribution in [3.63, 3.8) is 0 Å². The minimum absolute atomic E-state index is 0.503. The zero-order valence-electron chi connectivity index (χ0n) is 6.14. The maximum absolute atomic E-state index is 5.73. The lowest BCUT2D eigenvalue weighted by atomic mass is 10.2. The second kappa shape index (κ2) is 3.07. The molecule has 2 aromatic rings. The average molecular weight is 246 g/mol. The van der Waals surface area contributed by atoms with Gasteiger partial charge in [0.2, 0.25) is 0 Å². The van der Waals surface area contributed by atoms with Gasteiger partial charge in [0.15, 0.2) is 0 Å². The van der Waals surface area contributed by atoms with Crippen LogP contribution < -0.4 is 0 Å². The smallest absolute Gasteiger partial charge is 0.103 e. The van der Waals surface area contributed by atoms with E-state index in [0.717, 1.165) is 21.1 Å². The summed E-state index contributed by atoms with van der Waals surface area (Å²) in [6, 6.07) is 3.96. The standard InChI is InChI=1S/C8H6BrClN2/c9-7-5(3-10)1-2-6-8(7)12-4-11-6/h1-2,4H,3H2,(H,11,12). The third-order valence-corrected chi connectivity index (χ3v) is 2.93. The Bertz CT molecular complexity index is 410. The number of benzene rings is 1. The van der Waals surface area contributed by atoms with Gasteiger partial charge in [-0.25, -0.2) is 4.98 Å². The van der Waals surface area contributed by atoms with Crippen molar-refractivity contribution in [2.75, 3.05) is 0 Å². The van der Waals surface area contributed by atoms with E-state index in [-0.39, 0.29) is 0 Å². The van der Waals surface area contributed by atoms with Gasteiger partial charge < -0.3 is 4.98 Å². The lowest BCUT2D eigenvalue weighted by Gasteiger charge is -1.99. The van der Waals surface area contributed by atoms with Crippen molar-refractivity contribution >= 4 is 38.6 Å². The highest BCUT2D eigenvalue weighted by Crippen LogP contribution is 2.26. The highest BCUT2D eigenvalue weighted by molar-refractivity contribution is 9.10. The van der Waals surface area contributed by atoms with E-state index in [9.17, 15) is 0 Å². The number of nitrogens with zero attached hydrogens (tertiary/aromatic N) is 1. The monoisotopic (exact) mass is 244 g/mol. The van der Waals surface area contributed by atoms with Crippen LogP contribution in [-0.4, -0.2) is 9.97 Å². The van der Waals surface area contributed by atoms with Gasteiger partial charge in [-0.1, -0.05) is 6.07 Å². The number of hydrogen-bond donors (Lipinski definition) is 1. The molecule has 0 saturated heterocycles. The first-order valence-electron chi connectivity index (χ1n) is 3.49. The molecular weight excluding hydrogens is 239 g/mol. The van der Waals surface area contributed by atoms with Crippen LogP contribution >= 0.6 is 27.5 Å². The molecule has 0 spiro atoms. The zero-order valence-corrected chi connectivity index (χ0v) is 8.48. The number of imidazole rings is 1. The summed E-state index contributed by atoms with van der Waals surface area (Å²) in [6.45, 7) is 0. The summed E-state index contributed by atoms with van der Waals surface area (Å²) < 4.78 is 0.983. The van der Waals surface area contributed by atoms with Gasteiger partial charge >= 0.3 is 0 Å². The van der Waals surface area contributed by atoms with Gasteiger partial charge in [0.05, 0.1) is 11.8 Å². The fraction of sp³-hybridized carbons (Fsp3) is 0.125. The molecule has 0 amide bonds. The third-order valence-electron chi connectivity index (χ3n) is 1.75. The Kier molecular flexibility index (Phi) is 2.07. The Morgan fingerprint density at radius 2 is 2.33 bits per heavy atom. The number of fused-ring (bicyclic) bond motifs is 1. The summed E-state index contributed by atoms with van der Waals surface area (Å²) >= 11 is 9.19. The van der Waals surface area contributed by atoms with E-state index < -0.39 is 0 Å². The van der Waals surface area contributed by atoms with E-state index in [1.807, 2.05) is 12.1 Å². The van der Waals surface area contributed by atoms with Crippen LogP contribution in [0.4, 0.5) is 0 Å². The van der Waals surface area contributed by atoms with E-state index in [0.29, 0.717) is 5.88 Å². The quantitative estimate of drug-likeness (QED) is 0.769. The number of nitrogens with one attached hydrogen (secondary N) is 1. The number of rotatable bonds is 1. The van der Waals surface area contributed by atoms with Crippen molar-refractivity contribution in [2.45, 2.75) is 5.88 Å². The summed E-state index contributed by atoms with van der Waals surface area (Å²) in [5, 5.41) is 0. The first-order chi connectivity index (χ1) is 5.83. The molecule has 0 saturated carbocycles. The molecule has 1 N–H and O–H groups in total. The highest BCUT2D eigenvalue weighted by Gasteiger charge is 2.05. The topological polar surface area (TPSA) is 28.7 Å². The predicted molar refractivity (Wildman–Crippen MR) is 53.4 cm³/mol. The van der Waals surface area contributed by atoms with Crippen molar-refractivity contribution in [3.05, 3.63) is 28.5 Å². The molecule has 2 rings (SSSR count). The molecule has 0 atom stereocenters. The third kappa shape index (κ3) is 1.13. The number of alkyl halides is 1. The fourth-order valence-corrected chi connectivity index (χ4v) is 2.09. The summed E-state index contributed by atoms with van der Waals surface area (Å²) in [5.74, 6) is 0.503. The van der Waals surface area contributed by atoms with Crippen LogP contribution in [0.2, 0.25) is 0 Å². The van der Waals surface area contributed by atoms with Gasteiger partial charge in [-0.15, -0.1) is 11.6 Å². The second-order valence-corrected chi connectivity index (χ2v) is 3.53. The molecule has 0 aliphatic heterocycles. The van der Waals surface area contributed by atoms with E-state index >= 15 is 0 Å². The summed E-state index contributed by atoms with van der Waals surface area (Å²) in [5.41, 5.74) is 3.03. The first kappa shape index (κ1) is 8.08. The molecule has 0 aliphatic carbocycles. The van der Waals surface area contributed by atoms with Gasteiger partial charge in [-0.3, -0.25) is 0 Å². The molecule has 2 nitrogen and oxygen atoms in total. The van der Waals surface area contributed by atoms with Crippen LogP contribution in [0, 0.1) is 0 Å². The molecular formula is C8H6BrClN2. The van der Waals surface area contributed by atoms with Gasteiger partial charge in [-0.2, -0.15) is 0 Å². The lowest BCUT2D eigenvalue weighted by Crippen LogP contribution is -1.81. The fourth-order valence-electron chi connectivity index (χ4n) is 1.12. The van der Waals surface area contributed by atoms with Crippen LogP contribution in [-0.2, 0) is 5.88 Å². The van der Waals surface area contributed by atoms with Crippen molar-refractivity contribution in [1.82, 2.24) is 9.97 Å². The molecule has 0 fully saturated rings. The predicted octanol–water partition coefficient (Wildman–Crippen LogP) is 3.06. The molecule has 62 valence electrons. The van der Waals surface area contributed by atoms with Crippen LogP contribution in [0.1, 0.15) is 5.56 Å². The molecule has 12 heavy (non-hydrogen) atoms. The first-order valence-corrected chi connectivity index (χ1v) is 4.82. The maximum Gasteiger partial charge on any atom is 0.103 e. The van der Waals surface area contributed by atoms with Crippen LogP contribution in [0.25, 0.3) is 11.0 Å². The molecule has 0 aliphatic rings. The number of halogens is 2. The van der Waals surface area contributed by atoms with Crippen LogP contribution in [0.3, 0.4) is 0 Å². The average Bonchev–Trinajstić information content (AvgIpc) is 2.53. The molecule has 1 aromatic carbocycles. The van der Waals surface area contributed by atoms with Gasteiger partial charge in [0.25, 0.3) is 0 Å². The Morgan fingerprint density at radius 3 is 3.08 bits per heavy atom. The molecule has 0 radical (unpaired) electrons. The Hall–Kier alpha value is -0.540. The SMILES string of the molecule is ClCc1ccc2[nH]cnc2c1Br. The van der Waals surface area contributed by atoms with Crippen LogP contribution in [0.15, 0.2) is 22.9 Å². The van der Waals surface area contributed by atoms with Gasteiger partial charge in [-0.05, 0) is 27.6 Å². The normalized spacial score (nSPS) is 10.8. The van der Waals surface area contributed by atoms with Crippen LogP contribution in [0.5, 0.6) is 0 Å². The minimum Gasteiger partial charge on any atom is -0.345 e. The van der Waals surface area contributed by atoms with Gasteiger partial charge in [0.1, 0.15) is 5.52 Å². The zero-order chi connectivity index (χ0) is 8.55. The van der Waals surface area contributed by atoms with Gasteiger partial charge in [0, 0.05) is 10.4 Å². The minimum atomic E-state index is 0.503. The molecule has 4 heteroatoms. The van der Waals surface area contributed by atoms with E-state index in [1.165, 1.54) is 0 Å². The number of aromatic amines is 1. The van der Waals surface area contributed by atoms with Crippen molar-refractivity contribution in [1.29, 1.82) is 0 Å². The van der Waals surface area contributed by atoms with E-state index in [4.69, 9.17) is 11.6 Å². The second-order valence-electron chi connectivity index (χ2n) is 2.47. The number of hydrogen-bond acceptors (Lipinski definition) is 1. The molecule has 0 bridgehead atoms. The van der Waals surface area contributed by atoms with E-state index in [1.54, 1.807) is 6.33 Å². The Labute approximate surface area is 83.1 Å². The molecule has 0 unspecified atom stereocenters. The largest absolute Gasteiger partial charge is 0.345 e. The number of H-pyrrole nitrogens is 1. The Balaban J connectivity index is 2.78. The van der Waals surface area contributed by atoms with Crippen molar-refractivity contribution in [3.8, 4) is 0 Å². The summed E-state index contributed by atoms with van der Waals surface area (Å²) in [4.78, 5) is 7.19. The molecule has 1 aromatic heterocycles. The molecule has 1 heterocycles. The maximum atomic E-state index is 5.73. The summed E-state index contributed by atoms with van der Waals surface area (Å²) in [7, 11) is 0. The Morgan fingerprint density at radius 1 is 1.50 bits per heavy atom. The summed E-state index contributed by atoms with van der Waals surface area (Å²) in [6.07, 6.45) is 1.67. The highest BCUT2D eigenvalue weighted by atomic mass is 79.9. The van der Waals surface area contributed by atoms with E-state index in [2.05, 4.69) is 25.9 Å².